The van der Waals surface area contributed by atoms with Crippen molar-refractivity contribution in [1.29, 1.82) is 0 Å². The van der Waals surface area contributed by atoms with Crippen molar-refractivity contribution in [3.8, 4) is 11.3 Å². The van der Waals surface area contributed by atoms with Gasteiger partial charge in [-0.05, 0) is 61.6 Å². The van der Waals surface area contributed by atoms with Crippen LogP contribution in [0.4, 0.5) is 10.5 Å². The fraction of sp³-hybridized carbons (Fsp3) is 0.316. The molecule has 2 aliphatic rings. The van der Waals surface area contributed by atoms with E-state index in [0.717, 1.165) is 68.4 Å². The number of nitrogens with one attached hydrogen (secondary N) is 2. The van der Waals surface area contributed by atoms with Gasteiger partial charge in [0, 0.05) is 53.7 Å². The number of aryl methyl sites for hydroxylation is 1. The lowest BCUT2D eigenvalue weighted by atomic mass is 9.97. The van der Waals surface area contributed by atoms with Crippen LogP contribution in [0.5, 0.6) is 0 Å². The molecule has 3 aromatic carbocycles. The Bertz CT molecular complexity index is 2220. The molecule has 1 aliphatic carbocycles. The number of amides is 2. The number of hydrogen-bond acceptors (Lipinski definition) is 9. The number of hydrogen-bond donors (Lipinski definition) is 2. The van der Waals surface area contributed by atoms with E-state index in [0.29, 0.717) is 32.0 Å². The molecule has 0 unspecified atom stereocenters. The smallest absolute Gasteiger partial charge is 0.410 e. The van der Waals surface area contributed by atoms with Gasteiger partial charge in [-0.25, -0.2) is 14.8 Å². The van der Waals surface area contributed by atoms with Crippen LogP contribution in [0.25, 0.3) is 33.2 Å². The summed E-state index contributed by atoms with van der Waals surface area (Å²) in [7, 11) is 0. The topological polar surface area (TPSA) is 142 Å². The number of fused-ring (bicyclic) bond motifs is 3. The van der Waals surface area contributed by atoms with Crippen molar-refractivity contribution in [2.24, 2.45) is 0 Å². The maximum atomic E-state index is 12.9. The average molecular weight is 671 g/mol. The lowest BCUT2D eigenvalue weighted by Crippen LogP contribution is -2.48. The molecule has 0 bridgehead atoms. The number of rotatable bonds is 8. The van der Waals surface area contributed by atoms with E-state index < -0.39 is 0 Å². The number of piperazine rings is 1. The summed E-state index contributed by atoms with van der Waals surface area (Å²) in [6.45, 7) is 8.90. The Labute approximate surface area is 288 Å². The molecule has 254 valence electrons. The lowest BCUT2D eigenvalue weighted by molar-refractivity contribution is 0.0894. The molecule has 0 radical (unpaired) electrons. The molecule has 4 heterocycles. The highest BCUT2D eigenvalue weighted by molar-refractivity contribution is 6.12. The second-order valence-electron chi connectivity index (χ2n) is 13.6. The average Bonchev–Trinajstić information content (AvgIpc) is 3.51. The van der Waals surface area contributed by atoms with Crippen LogP contribution in [-0.4, -0.2) is 68.2 Å². The van der Waals surface area contributed by atoms with Crippen LogP contribution >= 0.6 is 0 Å². The number of aromatic nitrogens is 5. The largest absolute Gasteiger partial charge is 0.445 e. The van der Waals surface area contributed by atoms with Crippen LogP contribution in [0, 0.1) is 6.92 Å². The van der Waals surface area contributed by atoms with Crippen molar-refractivity contribution >= 4 is 39.6 Å². The zero-order valence-electron chi connectivity index (χ0n) is 28.3. The third kappa shape index (κ3) is 6.01. The Hall–Kier alpha value is -5.78. The first-order valence-electron chi connectivity index (χ1n) is 17.0. The molecule has 12 heteroatoms. The van der Waals surface area contributed by atoms with E-state index in [2.05, 4.69) is 61.5 Å². The van der Waals surface area contributed by atoms with E-state index in [1.807, 2.05) is 56.3 Å². The first kappa shape index (κ1) is 31.5. The molecule has 2 fully saturated rings. The van der Waals surface area contributed by atoms with Gasteiger partial charge in [0.2, 0.25) is 0 Å². The molecule has 50 heavy (non-hydrogen) atoms. The molecule has 1 atom stereocenters. The molecule has 1 saturated carbocycles. The first-order chi connectivity index (χ1) is 24.3. The highest BCUT2D eigenvalue weighted by Crippen LogP contribution is 2.46. The second-order valence-corrected chi connectivity index (χ2v) is 13.6. The number of carbonyl (C=O) groups is 2. The predicted octanol–water partition coefficient (Wildman–Crippen LogP) is 6.47. The Kier molecular flexibility index (Phi) is 7.93. The summed E-state index contributed by atoms with van der Waals surface area (Å²) in [5.74, 6) is 0.196. The Morgan fingerprint density at radius 3 is 2.58 bits per heavy atom. The summed E-state index contributed by atoms with van der Waals surface area (Å²) < 4.78 is 10.8. The predicted molar refractivity (Wildman–Crippen MR) is 189 cm³/mol. The van der Waals surface area contributed by atoms with Gasteiger partial charge >= 0.3 is 17.9 Å². The van der Waals surface area contributed by atoms with Gasteiger partial charge in [0.1, 0.15) is 18.6 Å². The van der Waals surface area contributed by atoms with E-state index in [1.54, 1.807) is 11.2 Å². The van der Waals surface area contributed by atoms with Gasteiger partial charge in [0.25, 0.3) is 0 Å². The minimum Gasteiger partial charge on any atom is -0.445 e. The van der Waals surface area contributed by atoms with Crippen LogP contribution < -0.4 is 10.2 Å². The molecular weight excluding hydrogens is 632 g/mol. The second kappa shape index (κ2) is 12.6. The number of carbonyl (C=O) groups excluding carboxylic acids is 2. The van der Waals surface area contributed by atoms with Gasteiger partial charge in [-0.3, -0.25) is 4.79 Å². The molecule has 12 nitrogen and oxygen atoms in total. The fourth-order valence-corrected chi connectivity index (χ4v) is 6.71. The quantitative estimate of drug-likeness (QED) is 0.186. The zero-order chi connectivity index (χ0) is 34.4. The summed E-state index contributed by atoms with van der Waals surface area (Å²) in [5, 5.41) is 9.01. The van der Waals surface area contributed by atoms with Gasteiger partial charge in [0.05, 0.1) is 17.1 Å². The highest BCUT2D eigenvalue weighted by atomic mass is 16.6. The van der Waals surface area contributed by atoms with E-state index in [-0.39, 0.29) is 36.0 Å². The molecule has 1 saturated heterocycles. The minimum absolute atomic E-state index is 0.0124. The number of anilines is 1. The summed E-state index contributed by atoms with van der Waals surface area (Å²) in [5.41, 5.74) is 7.48. The van der Waals surface area contributed by atoms with Crippen molar-refractivity contribution in [3.63, 3.8) is 0 Å². The third-order valence-corrected chi connectivity index (χ3v) is 10.00. The molecular formula is C38H38N8O4. The summed E-state index contributed by atoms with van der Waals surface area (Å²) in [6.07, 6.45) is 3.30. The maximum Gasteiger partial charge on any atom is 0.410 e. The van der Waals surface area contributed by atoms with Crippen LogP contribution in [0.3, 0.4) is 0 Å². The normalized spacial score (nSPS) is 16.1. The summed E-state index contributed by atoms with van der Waals surface area (Å²) in [4.78, 5) is 46.8. The van der Waals surface area contributed by atoms with Crippen LogP contribution in [-0.2, 0) is 16.8 Å². The summed E-state index contributed by atoms with van der Waals surface area (Å²) >= 11 is 0. The van der Waals surface area contributed by atoms with Crippen LogP contribution in [0.15, 0.2) is 77.6 Å². The van der Waals surface area contributed by atoms with Crippen LogP contribution in [0.1, 0.15) is 65.9 Å². The van der Waals surface area contributed by atoms with Gasteiger partial charge in [0.15, 0.2) is 5.82 Å². The number of aromatic amines is 1. The molecule has 0 spiro atoms. The SMILES string of the molecule is Cc1cc(-c2ncnc3[nH]c4cc(N5CCN(C(=O)OCc6ccccc6)CC5)ccc4c23)ccc1[C@@H](C)NC(=O)c1nc(C2(C)CC2)no1. The maximum absolute atomic E-state index is 12.9. The molecule has 8 rings (SSSR count). The number of H-pyrrole nitrogens is 1. The van der Waals surface area contributed by atoms with Crippen molar-refractivity contribution in [3.05, 3.63) is 101 Å². The van der Waals surface area contributed by atoms with Gasteiger partial charge < -0.3 is 29.4 Å². The van der Waals surface area contributed by atoms with E-state index in [4.69, 9.17) is 14.2 Å². The number of nitrogens with zero attached hydrogens (tertiary/aromatic N) is 6. The molecule has 3 aromatic heterocycles. The molecule has 2 amide bonds. The fourth-order valence-electron chi connectivity index (χ4n) is 6.71. The monoisotopic (exact) mass is 670 g/mol. The van der Waals surface area contributed by atoms with Crippen molar-refractivity contribution in [1.82, 2.24) is 35.3 Å². The standard InChI is InChI=1S/C38H38N8O4/c1-23-19-26(9-11-28(23)24(2)41-34(47)35-43-36(44-50-35)38(3)13-14-38)32-31-29-12-10-27(20-30(29)42-33(31)40-22-39-32)45-15-17-46(18-16-45)37(48)49-21-25-7-5-4-6-8-25/h4-12,19-20,22,24H,13-18,21H2,1-3H3,(H,41,47)(H,39,40,42)/t24-/m1/s1. The van der Waals surface area contributed by atoms with E-state index in [1.165, 1.54) is 0 Å². The molecule has 2 N–H and O–H groups in total. The Morgan fingerprint density at radius 1 is 1.02 bits per heavy atom. The number of ether oxygens (including phenoxy) is 1. The van der Waals surface area contributed by atoms with E-state index >= 15 is 0 Å². The molecule has 1 aliphatic heterocycles. The highest BCUT2D eigenvalue weighted by Gasteiger charge is 2.44. The first-order valence-corrected chi connectivity index (χ1v) is 17.0. The van der Waals surface area contributed by atoms with Crippen molar-refractivity contribution in [2.45, 2.75) is 51.7 Å². The minimum atomic E-state index is -0.386. The van der Waals surface area contributed by atoms with Crippen molar-refractivity contribution < 1.29 is 18.8 Å². The molecule has 6 aromatic rings. The van der Waals surface area contributed by atoms with Crippen molar-refractivity contribution in [2.75, 3.05) is 31.1 Å². The zero-order valence-corrected chi connectivity index (χ0v) is 28.3. The summed E-state index contributed by atoms with van der Waals surface area (Å²) in [6, 6.07) is 22.0. The van der Waals surface area contributed by atoms with E-state index in [9.17, 15) is 9.59 Å². The lowest BCUT2D eigenvalue weighted by Gasteiger charge is -2.35. The Morgan fingerprint density at radius 2 is 1.82 bits per heavy atom. The van der Waals surface area contributed by atoms with Gasteiger partial charge in [-0.1, -0.05) is 60.6 Å². The van der Waals surface area contributed by atoms with Gasteiger partial charge in [-0.2, -0.15) is 4.98 Å². The third-order valence-electron chi connectivity index (χ3n) is 10.00. The Balaban J connectivity index is 0.960. The van der Waals surface area contributed by atoms with Gasteiger partial charge in [-0.15, -0.1) is 0 Å². The number of benzene rings is 3. The van der Waals surface area contributed by atoms with Crippen LogP contribution in [0.2, 0.25) is 0 Å².